The van der Waals surface area contributed by atoms with E-state index in [0.29, 0.717) is 19.6 Å². The monoisotopic (exact) mass is 414 g/mol. The van der Waals surface area contributed by atoms with Gasteiger partial charge in [-0.15, -0.1) is 24.8 Å². The Kier molecular flexibility index (Phi) is 8.29. The second-order valence-corrected chi connectivity index (χ2v) is 6.89. The van der Waals surface area contributed by atoms with E-state index in [1.165, 1.54) is 0 Å². The molecule has 2 N–H and O–H groups in total. The van der Waals surface area contributed by atoms with Gasteiger partial charge in [-0.1, -0.05) is 30.3 Å². The minimum atomic E-state index is -1.000. The van der Waals surface area contributed by atoms with E-state index in [4.69, 9.17) is 10.2 Å². The van der Waals surface area contributed by atoms with Crippen molar-refractivity contribution in [2.45, 2.75) is 32.9 Å². The highest BCUT2D eigenvalue weighted by molar-refractivity contribution is 5.87. The molecule has 0 radical (unpaired) electrons. The summed E-state index contributed by atoms with van der Waals surface area (Å²) < 4.78 is 5.65. The van der Waals surface area contributed by atoms with E-state index in [9.17, 15) is 4.79 Å². The fourth-order valence-electron chi connectivity index (χ4n) is 3.14. The maximum absolute atomic E-state index is 12.9. The van der Waals surface area contributed by atoms with Crippen molar-refractivity contribution < 1.29 is 9.21 Å². The summed E-state index contributed by atoms with van der Waals surface area (Å²) in [6, 6.07) is 9.55. The molecule has 1 aromatic carbocycles. The lowest BCUT2D eigenvalue weighted by Crippen LogP contribution is -2.56. The van der Waals surface area contributed by atoms with E-state index in [1.54, 1.807) is 6.92 Å². The molecular formula is C19H28Cl2N4O2. The number of amides is 1. The van der Waals surface area contributed by atoms with Gasteiger partial charge in [0.2, 0.25) is 11.8 Å². The van der Waals surface area contributed by atoms with E-state index >= 15 is 0 Å². The van der Waals surface area contributed by atoms with Crippen molar-refractivity contribution in [2.75, 3.05) is 26.2 Å². The van der Waals surface area contributed by atoms with Gasteiger partial charge in [-0.2, -0.15) is 0 Å². The van der Waals surface area contributed by atoms with Gasteiger partial charge in [-0.25, -0.2) is 4.98 Å². The van der Waals surface area contributed by atoms with Crippen molar-refractivity contribution in [1.82, 2.24) is 14.8 Å². The number of piperazine rings is 1. The summed E-state index contributed by atoms with van der Waals surface area (Å²) in [5.41, 5.74) is 7.14. The van der Waals surface area contributed by atoms with Crippen molar-refractivity contribution in [1.29, 1.82) is 0 Å². The van der Waals surface area contributed by atoms with Gasteiger partial charge in [0.25, 0.3) is 0 Å². The highest BCUT2D eigenvalue weighted by Crippen LogP contribution is 2.21. The Hall–Kier alpha value is -1.60. The molecule has 1 atom stereocenters. The number of oxazole rings is 1. The molecule has 0 spiro atoms. The van der Waals surface area contributed by atoms with Gasteiger partial charge in [0, 0.05) is 26.2 Å². The summed E-state index contributed by atoms with van der Waals surface area (Å²) >= 11 is 0. The first-order chi connectivity index (χ1) is 11.9. The lowest BCUT2D eigenvalue weighted by atomic mass is 9.91. The number of carbonyl (C=O) groups is 1. The van der Waals surface area contributed by atoms with E-state index < -0.39 is 5.54 Å². The standard InChI is InChI=1S/C19H26N4O2.2ClH/c1-14-15(2)25-17(21-14)13-22-9-11-23(12-10-22)18(24)19(3,20)16-7-5-4-6-8-16;;/h4-8H,9-13,20H2,1-3H3;2*1H. The highest BCUT2D eigenvalue weighted by Gasteiger charge is 2.35. The zero-order valence-corrected chi connectivity index (χ0v) is 17.6. The Balaban J connectivity index is 0.00000182. The summed E-state index contributed by atoms with van der Waals surface area (Å²) in [5, 5.41) is 0. The van der Waals surface area contributed by atoms with Gasteiger partial charge >= 0.3 is 0 Å². The topological polar surface area (TPSA) is 75.6 Å². The van der Waals surface area contributed by atoms with Gasteiger partial charge < -0.3 is 15.1 Å². The molecule has 2 aromatic rings. The van der Waals surface area contributed by atoms with Crippen LogP contribution in [0.2, 0.25) is 0 Å². The maximum atomic E-state index is 12.9. The SMILES string of the molecule is Cc1nc(CN2CCN(C(=O)C(C)(N)c3ccccc3)CC2)oc1C.Cl.Cl. The van der Waals surface area contributed by atoms with E-state index in [2.05, 4.69) is 9.88 Å². The maximum Gasteiger partial charge on any atom is 0.247 e. The molecular weight excluding hydrogens is 387 g/mol. The number of rotatable bonds is 4. The molecule has 27 heavy (non-hydrogen) atoms. The van der Waals surface area contributed by atoms with Crippen LogP contribution >= 0.6 is 24.8 Å². The highest BCUT2D eigenvalue weighted by atomic mass is 35.5. The molecule has 2 heterocycles. The Labute approximate surface area is 172 Å². The van der Waals surface area contributed by atoms with Gasteiger partial charge in [0.1, 0.15) is 11.3 Å². The molecule has 1 aliphatic heterocycles. The number of aryl methyl sites for hydroxylation is 2. The smallest absolute Gasteiger partial charge is 0.247 e. The van der Waals surface area contributed by atoms with Crippen molar-refractivity contribution in [3.63, 3.8) is 0 Å². The molecule has 6 nitrogen and oxygen atoms in total. The zero-order valence-electron chi connectivity index (χ0n) is 16.0. The number of hydrogen-bond donors (Lipinski definition) is 1. The lowest BCUT2D eigenvalue weighted by Gasteiger charge is -2.38. The van der Waals surface area contributed by atoms with Crippen LogP contribution in [0, 0.1) is 13.8 Å². The van der Waals surface area contributed by atoms with Crippen LogP contribution in [-0.2, 0) is 16.9 Å². The van der Waals surface area contributed by atoms with Gasteiger partial charge in [0.05, 0.1) is 12.2 Å². The van der Waals surface area contributed by atoms with Crippen LogP contribution in [0.15, 0.2) is 34.7 Å². The molecule has 1 aromatic heterocycles. The third-order valence-electron chi connectivity index (χ3n) is 4.91. The van der Waals surface area contributed by atoms with Crippen LogP contribution in [0.25, 0.3) is 0 Å². The Morgan fingerprint density at radius 1 is 1.15 bits per heavy atom. The van der Waals surface area contributed by atoms with Gasteiger partial charge in [-0.05, 0) is 26.3 Å². The van der Waals surface area contributed by atoms with E-state index in [1.807, 2.05) is 49.1 Å². The second kappa shape index (κ2) is 9.55. The molecule has 0 bridgehead atoms. The third kappa shape index (κ3) is 5.23. The molecule has 0 saturated carbocycles. The second-order valence-electron chi connectivity index (χ2n) is 6.89. The fourth-order valence-corrected chi connectivity index (χ4v) is 3.14. The molecule has 1 amide bonds. The molecule has 150 valence electrons. The normalized spacial score (nSPS) is 16.8. The van der Waals surface area contributed by atoms with E-state index in [-0.39, 0.29) is 30.7 Å². The first-order valence-electron chi connectivity index (χ1n) is 8.67. The van der Waals surface area contributed by atoms with Crippen LogP contribution in [0.3, 0.4) is 0 Å². The summed E-state index contributed by atoms with van der Waals surface area (Å²) in [7, 11) is 0. The average molecular weight is 415 g/mol. The van der Waals surface area contributed by atoms with Crippen LogP contribution in [0.4, 0.5) is 0 Å². The van der Waals surface area contributed by atoms with Gasteiger partial charge in [-0.3, -0.25) is 9.69 Å². The van der Waals surface area contributed by atoms with Gasteiger partial charge in [0.15, 0.2) is 0 Å². The first-order valence-corrected chi connectivity index (χ1v) is 8.67. The lowest BCUT2D eigenvalue weighted by molar-refractivity contribution is -0.138. The molecule has 8 heteroatoms. The fraction of sp³-hybridized carbons (Fsp3) is 0.474. The Morgan fingerprint density at radius 3 is 2.26 bits per heavy atom. The summed E-state index contributed by atoms with van der Waals surface area (Å²) in [4.78, 5) is 21.4. The quantitative estimate of drug-likeness (QED) is 0.831. The number of benzene rings is 1. The molecule has 1 unspecified atom stereocenters. The van der Waals surface area contributed by atoms with Crippen LogP contribution in [-0.4, -0.2) is 46.9 Å². The molecule has 1 saturated heterocycles. The minimum Gasteiger partial charge on any atom is -0.444 e. The molecule has 0 aliphatic carbocycles. The van der Waals surface area contributed by atoms with Crippen molar-refractivity contribution in [2.24, 2.45) is 5.73 Å². The number of carbonyl (C=O) groups excluding carboxylic acids is 1. The Morgan fingerprint density at radius 2 is 1.74 bits per heavy atom. The molecule has 1 aliphatic rings. The third-order valence-corrected chi connectivity index (χ3v) is 4.91. The number of nitrogens with zero attached hydrogens (tertiary/aromatic N) is 3. The largest absolute Gasteiger partial charge is 0.444 e. The average Bonchev–Trinajstić information content (AvgIpc) is 2.93. The number of aromatic nitrogens is 1. The zero-order chi connectivity index (χ0) is 18.0. The number of nitrogens with two attached hydrogens (primary N) is 1. The predicted molar refractivity (Wildman–Crippen MR) is 110 cm³/mol. The summed E-state index contributed by atoms with van der Waals surface area (Å²) in [6.45, 7) is 9.24. The van der Waals surface area contributed by atoms with Crippen LogP contribution < -0.4 is 5.73 Å². The molecule has 3 rings (SSSR count). The van der Waals surface area contributed by atoms with Crippen LogP contribution in [0.1, 0.15) is 29.8 Å². The van der Waals surface area contributed by atoms with Crippen molar-refractivity contribution in [3.05, 3.63) is 53.2 Å². The predicted octanol–water partition coefficient (Wildman–Crippen LogP) is 2.65. The summed E-state index contributed by atoms with van der Waals surface area (Å²) in [6.07, 6.45) is 0. The Bertz CT molecular complexity index is 722. The van der Waals surface area contributed by atoms with Crippen molar-refractivity contribution >= 4 is 30.7 Å². The minimum absolute atomic E-state index is 0. The van der Waals surface area contributed by atoms with Crippen LogP contribution in [0.5, 0.6) is 0 Å². The molecule has 1 fully saturated rings. The van der Waals surface area contributed by atoms with E-state index in [0.717, 1.165) is 36.0 Å². The number of hydrogen-bond acceptors (Lipinski definition) is 5. The summed E-state index contributed by atoms with van der Waals surface area (Å²) in [5.74, 6) is 1.58. The first kappa shape index (κ1) is 23.4. The van der Waals surface area contributed by atoms with Crippen molar-refractivity contribution in [3.8, 4) is 0 Å². The number of halogens is 2.